The summed E-state index contributed by atoms with van der Waals surface area (Å²) in [6, 6.07) is 33.0. The maximum Gasteiger partial charge on any atom is 0.408 e. The number of fused-ring (bicyclic) bond motifs is 1. The molecule has 0 aliphatic carbocycles. The number of benzene rings is 4. The van der Waals surface area contributed by atoms with Gasteiger partial charge in [-0.05, 0) is 40.1 Å². The molecule has 0 saturated heterocycles. The van der Waals surface area contributed by atoms with Crippen molar-refractivity contribution in [2.75, 3.05) is 0 Å². The van der Waals surface area contributed by atoms with Crippen LogP contribution >= 0.6 is 0 Å². The zero-order valence-corrected chi connectivity index (χ0v) is 16.4. The second-order valence-corrected chi connectivity index (χ2v) is 6.88. The minimum atomic E-state index is -0.501. The van der Waals surface area contributed by atoms with E-state index in [2.05, 4.69) is 29.3 Å². The zero-order valence-electron chi connectivity index (χ0n) is 16.4. The highest BCUT2D eigenvalue weighted by atomic mass is 16.5. The van der Waals surface area contributed by atoms with Crippen LogP contribution in [0, 0.1) is 11.8 Å². The van der Waals surface area contributed by atoms with Gasteiger partial charge in [0.1, 0.15) is 12.6 Å². The third-order valence-corrected chi connectivity index (χ3v) is 4.72. The molecule has 0 fully saturated rings. The van der Waals surface area contributed by atoms with E-state index in [1.807, 2.05) is 91.0 Å². The summed E-state index contributed by atoms with van der Waals surface area (Å²) in [4.78, 5) is 12.5. The Kier molecular flexibility index (Phi) is 6.08. The molecule has 4 rings (SSSR count). The molecule has 0 aliphatic rings. The molecule has 0 bridgehead atoms. The van der Waals surface area contributed by atoms with Gasteiger partial charge in [0, 0.05) is 5.56 Å². The molecule has 1 amide bonds. The van der Waals surface area contributed by atoms with Gasteiger partial charge >= 0.3 is 6.09 Å². The summed E-state index contributed by atoms with van der Waals surface area (Å²) >= 11 is 0. The molecule has 3 heteroatoms. The van der Waals surface area contributed by atoms with Crippen LogP contribution in [0.1, 0.15) is 22.7 Å². The largest absolute Gasteiger partial charge is 0.445 e. The molecule has 4 aromatic rings. The average molecular weight is 391 g/mol. The van der Waals surface area contributed by atoms with Gasteiger partial charge in [0.25, 0.3) is 0 Å². The second kappa shape index (κ2) is 9.45. The van der Waals surface area contributed by atoms with Crippen molar-refractivity contribution in [2.45, 2.75) is 12.6 Å². The van der Waals surface area contributed by atoms with Crippen molar-refractivity contribution in [2.24, 2.45) is 0 Å². The first-order valence-electron chi connectivity index (χ1n) is 9.80. The van der Waals surface area contributed by atoms with Crippen LogP contribution in [0.4, 0.5) is 4.79 Å². The lowest BCUT2D eigenvalue weighted by molar-refractivity contribution is 0.138. The molecule has 0 aromatic heterocycles. The Labute approximate surface area is 176 Å². The van der Waals surface area contributed by atoms with E-state index in [-0.39, 0.29) is 6.61 Å². The fourth-order valence-corrected chi connectivity index (χ4v) is 3.15. The quantitative estimate of drug-likeness (QED) is 0.443. The molecule has 1 unspecified atom stereocenters. The SMILES string of the molecule is O=C(NC(C#Cc1ccccc1)c1ccc2ccccc2c1)OCc1ccccc1. The van der Waals surface area contributed by atoms with Crippen LogP contribution in [0.25, 0.3) is 10.8 Å². The van der Waals surface area contributed by atoms with E-state index in [1.54, 1.807) is 0 Å². The summed E-state index contributed by atoms with van der Waals surface area (Å²) < 4.78 is 5.40. The van der Waals surface area contributed by atoms with Crippen LogP contribution in [0.15, 0.2) is 103 Å². The lowest BCUT2D eigenvalue weighted by Gasteiger charge is -2.15. The van der Waals surface area contributed by atoms with Gasteiger partial charge in [-0.15, -0.1) is 0 Å². The Morgan fingerprint density at radius 2 is 1.47 bits per heavy atom. The van der Waals surface area contributed by atoms with Crippen LogP contribution in [0.2, 0.25) is 0 Å². The number of rotatable bonds is 4. The number of alkyl carbamates (subject to hydrolysis) is 1. The summed E-state index contributed by atoms with van der Waals surface area (Å²) in [7, 11) is 0. The van der Waals surface area contributed by atoms with Crippen LogP contribution in [0.5, 0.6) is 0 Å². The zero-order chi connectivity index (χ0) is 20.6. The van der Waals surface area contributed by atoms with E-state index >= 15 is 0 Å². The Bertz CT molecular complexity index is 1190. The smallest absolute Gasteiger partial charge is 0.408 e. The minimum absolute atomic E-state index is 0.212. The summed E-state index contributed by atoms with van der Waals surface area (Å²) in [5.74, 6) is 6.33. The number of hydrogen-bond donors (Lipinski definition) is 1. The predicted molar refractivity (Wildman–Crippen MR) is 120 cm³/mol. The molecule has 0 aliphatic heterocycles. The highest BCUT2D eigenvalue weighted by Crippen LogP contribution is 2.20. The van der Waals surface area contributed by atoms with E-state index in [9.17, 15) is 4.79 Å². The third kappa shape index (κ3) is 5.06. The molecule has 0 saturated carbocycles. The average Bonchev–Trinajstić information content (AvgIpc) is 2.81. The van der Waals surface area contributed by atoms with E-state index in [0.29, 0.717) is 0 Å². The van der Waals surface area contributed by atoms with Crippen molar-refractivity contribution in [3.05, 3.63) is 120 Å². The standard InChI is InChI=1S/C27H21NO2/c29-27(30-20-22-11-5-2-6-12-22)28-26(18-15-21-9-3-1-4-10-21)25-17-16-23-13-7-8-14-24(23)19-25/h1-14,16-17,19,26H,20H2,(H,28,29). The number of hydrogen-bond acceptors (Lipinski definition) is 2. The summed E-state index contributed by atoms with van der Waals surface area (Å²) in [5, 5.41) is 5.14. The van der Waals surface area contributed by atoms with Crippen molar-refractivity contribution in [1.82, 2.24) is 5.32 Å². The second-order valence-electron chi connectivity index (χ2n) is 6.88. The maximum atomic E-state index is 12.5. The van der Waals surface area contributed by atoms with Crippen LogP contribution in [-0.2, 0) is 11.3 Å². The monoisotopic (exact) mass is 391 g/mol. The maximum absolute atomic E-state index is 12.5. The molecular weight excluding hydrogens is 370 g/mol. The molecule has 146 valence electrons. The van der Waals surface area contributed by atoms with E-state index in [1.165, 1.54) is 0 Å². The van der Waals surface area contributed by atoms with Crippen molar-refractivity contribution in [3.63, 3.8) is 0 Å². The number of amides is 1. The van der Waals surface area contributed by atoms with Crippen LogP contribution < -0.4 is 5.32 Å². The van der Waals surface area contributed by atoms with Crippen LogP contribution in [0.3, 0.4) is 0 Å². The molecular formula is C27H21NO2. The van der Waals surface area contributed by atoms with Crippen molar-refractivity contribution in [3.8, 4) is 11.8 Å². The normalized spacial score (nSPS) is 11.2. The van der Waals surface area contributed by atoms with Crippen molar-refractivity contribution in [1.29, 1.82) is 0 Å². The van der Waals surface area contributed by atoms with E-state index < -0.39 is 12.1 Å². The summed E-state index contributed by atoms with van der Waals surface area (Å²) in [6.07, 6.45) is -0.501. The van der Waals surface area contributed by atoms with Gasteiger partial charge in [-0.2, -0.15) is 0 Å². The van der Waals surface area contributed by atoms with Crippen molar-refractivity contribution < 1.29 is 9.53 Å². The van der Waals surface area contributed by atoms with Gasteiger partial charge in [0.15, 0.2) is 0 Å². The van der Waals surface area contributed by atoms with E-state index in [4.69, 9.17) is 4.74 Å². The first-order valence-corrected chi connectivity index (χ1v) is 9.80. The van der Waals surface area contributed by atoms with Gasteiger partial charge in [-0.1, -0.05) is 96.8 Å². The molecule has 0 heterocycles. The van der Waals surface area contributed by atoms with Gasteiger partial charge < -0.3 is 10.1 Å². The molecule has 30 heavy (non-hydrogen) atoms. The van der Waals surface area contributed by atoms with Gasteiger partial charge in [-0.25, -0.2) is 4.79 Å². The first-order chi connectivity index (χ1) is 14.8. The molecule has 3 nitrogen and oxygen atoms in total. The predicted octanol–water partition coefficient (Wildman–Crippen LogP) is 5.86. The summed E-state index contributed by atoms with van der Waals surface area (Å²) in [6.45, 7) is 0.212. The highest BCUT2D eigenvalue weighted by molar-refractivity contribution is 5.83. The van der Waals surface area contributed by atoms with E-state index in [0.717, 1.165) is 27.5 Å². The number of ether oxygens (including phenoxy) is 1. The Morgan fingerprint density at radius 1 is 0.800 bits per heavy atom. The van der Waals surface area contributed by atoms with Crippen molar-refractivity contribution >= 4 is 16.9 Å². The highest BCUT2D eigenvalue weighted by Gasteiger charge is 2.14. The van der Waals surface area contributed by atoms with Gasteiger partial charge in [0.2, 0.25) is 0 Å². The summed E-state index contributed by atoms with van der Waals surface area (Å²) in [5.41, 5.74) is 2.74. The first kappa shape index (κ1) is 19.3. The number of carbonyl (C=O) groups is 1. The minimum Gasteiger partial charge on any atom is -0.445 e. The Morgan fingerprint density at radius 3 is 2.23 bits per heavy atom. The number of nitrogens with one attached hydrogen (secondary N) is 1. The Hall–Kier alpha value is -4.03. The molecule has 0 spiro atoms. The fraction of sp³-hybridized carbons (Fsp3) is 0.0741. The lowest BCUT2D eigenvalue weighted by atomic mass is 10.0. The third-order valence-electron chi connectivity index (χ3n) is 4.72. The topological polar surface area (TPSA) is 38.3 Å². The van der Waals surface area contributed by atoms with Gasteiger partial charge in [-0.3, -0.25) is 0 Å². The molecule has 1 N–H and O–H groups in total. The molecule has 0 radical (unpaired) electrons. The molecule has 1 atom stereocenters. The fourth-order valence-electron chi connectivity index (χ4n) is 3.15. The number of carbonyl (C=O) groups excluding carboxylic acids is 1. The van der Waals surface area contributed by atoms with Crippen LogP contribution in [-0.4, -0.2) is 6.09 Å². The lowest BCUT2D eigenvalue weighted by Crippen LogP contribution is -2.28. The molecule has 4 aromatic carbocycles. The Balaban J connectivity index is 1.56. The van der Waals surface area contributed by atoms with Gasteiger partial charge in [0.05, 0.1) is 0 Å².